The van der Waals surface area contributed by atoms with Crippen LogP contribution in [-0.4, -0.2) is 82.9 Å². The molecular weight excluding hydrogens is 208 g/mol. The van der Waals surface area contributed by atoms with E-state index in [9.17, 15) is 4.79 Å². The molecule has 72 valence electrons. The van der Waals surface area contributed by atoms with Gasteiger partial charge in [-0.05, 0) is 0 Å². The predicted octanol–water partition coefficient (Wildman–Crippen LogP) is -1.56. The molecule has 1 aliphatic rings. The van der Waals surface area contributed by atoms with Gasteiger partial charge in [-0.15, -0.1) is 0 Å². The van der Waals surface area contributed by atoms with Gasteiger partial charge in [-0.25, -0.2) is 4.79 Å². The summed E-state index contributed by atoms with van der Waals surface area (Å²) < 4.78 is 4.32. The number of rotatable bonds is 2. The Kier molecular flexibility index (Phi) is 5.01. The van der Waals surface area contributed by atoms with Gasteiger partial charge in [0, 0.05) is 0 Å². The molecule has 2 atom stereocenters. The first-order chi connectivity index (χ1) is 5.57. The number of aliphatic hydroxyl groups is 4. The van der Waals surface area contributed by atoms with Crippen LogP contribution >= 0.6 is 0 Å². The first-order valence-electron chi connectivity index (χ1n) is 3.20. The zero-order valence-corrected chi connectivity index (χ0v) is 8.88. The van der Waals surface area contributed by atoms with Crippen molar-refractivity contribution < 1.29 is 32.8 Å². The Bertz CT molecular complexity index is 246. The molecule has 0 aliphatic carbocycles. The molecule has 0 aromatic rings. The first kappa shape index (κ1) is 13.0. The van der Waals surface area contributed by atoms with Crippen molar-refractivity contribution in [3.63, 3.8) is 0 Å². The van der Waals surface area contributed by atoms with E-state index in [1.165, 1.54) is 0 Å². The summed E-state index contributed by atoms with van der Waals surface area (Å²) in [4.78, 5) is 10.5. The number of ether oxygens (including phenoxy) is 1. The normalized spacial score (nSPS) is 23.8. The molecule has 0 saturated heterocycles. The van der Waals surface area contributed by atoms with Crippen molar-refractivity contribution in [1.82, 2.24) is 0 Å². The maximum Gasteiger partial charge on any atom is 2.00 e. The Balaban J connectivity index is -0.000000480. The maximum absolute atomic E-state index is 10.5. The number of hydrogen-bond acceptors (Lipinski definition) is 6. The van der Waals surface area contributed by atoms with Gasteiger partial charge in [0.1, 0.15) is 6.10 Å². The first-order valence-corrected chi connectivity index (χ1v) is 3.20. The van der Waals surface area contributed by atoms with Crippen molar-refractivity contribution in [2.45, 2.75) is 12.2 Å². The van der Waals surface area contributed by atoms with E-state index in [1.807, 2.05) is 0 Å². The number of hydrogen-bond donors (Lipinski definition) is 4. The Morgan fingerprint density at radius 2 is 2.08 bits per heavy atom. The summed E-state index contributed by atoms with van der Waals surface area (Å²) in [6, 6.07) is 0. The standard InChI is InChI=1S/C6H8O6.Ca.2H/c7-1-2(8)5-3(9)4(10)6(11)12-5;;;/h2,5,7-10H,1H2;;;/q;+2;2*-1/t2?,5-;;;/m1.../s1. The Morgan fingerprint density at radius 3 is 2.38 bits per heavy atom. The van der Waals surface area contributed by atoms with Crippen LogP contribution in [0.2, 0.25) is 0 Å². The predicted molar refractivity (Wildman–Crippen MR) is 43.2 cm³/mol. The van der Waals surface area contributed by atoms with E-state index in [-0.39, 0.29) is 40.6 Å². The minimum absolute atomic E-state index is 0. The van der Waals surface area contributed by atoms with E-state index in [1.54, 1.807) is 0 Å². The minimum Gasteiger partial charge on any atom is -1.00 e. The number of cyclic esters (lactones) is 1. The van der Waals surface area contributed by atoms with Gasteiger partial charge in [0.05, 0.1) is 6.61 Å². The summed E-state index contributed by atoms with van der Waals surface area (Å²) >= 11 is 0. The van der Waals surface area contributed by atoms with Crippen LogP contribution in [0.5, 0.6) is 0 Å². The SMILES string of the molecule is O=C1O[C@H](C(O)CO)C(O)=C1O.[Ca+2].[H-].[H-]. The second kappa shape index (κ2) is 5.02. The van der Waals surface area contributed by atoms with Crippen LogP contribution in [0.4, 0.5) is 0 Å². The summed E-state index contributed by atoms with van der Waals surface area (Å²) in [6.07, 6.45) is -2.78. The van der Waals surface area contributed by atoms with E-state index in [4.69, 9.17) is 20.4 Å². The topological polar surface area (TPSA) is 107 Å². The summed E-state index contributed by atoms with van der Waals surface area (Å²) in [6.45, 7) is -0.671. The molecule has 0 bridgehead atoms. The van der Waals surface area contributed by atoms with E-state index in [2.05, 4.69) is 4.74 Å². The molecule has 0 amide bonds. The number of aliphatic hydroxyl groups excluding tert-OH is 4. The summed E-state index contributed by atoms with van der Waals surface area (Å²) in [7, 11) is 0. The molecule has 0 aromatic carbocycles. The average molecular weight is 218 g/mol. The van der Waals surface area contributed by atoms with Crippen LogP contribution in [0.15, 0.2) is 11.5 Å². The van der Waals surface area contributed by atoms with Crippen LogP contribution < -0.4 is 0 Å². The minimum atomic E-state index is -1.42. The smallest absolute Gasteiger partial charge is 1.00 e. The van der Waals surface area contributed by atoms with Crippen molar-refractivity contribution >= 4 is 43.7 Å². The molecule has 4 N–H and O–H groups in total. The van der Waals surface area contributed by atoms with Crippen LogP contribution in [-0.2, 0) is 9.53 Å². The second-order valence-electron chi connectivity index (χ2n) is 2.31. The Labute approximate surface area is 106 Å². The molecule has 0 fully saturated rings. The van der Waals surface area contributed by atoms with Crippen molar-refractivity contribution in [3.05, 3.63) is 11.5 Å². The Hall–Kier alpha value is -0.0103. The number of carbonyl (C=O) groups is 1. The van der Waals surface area contributed by atoms with Crippen LogP contribution in [0, 0.1) is 0 Å². The molecule has 0 saturated carbocycles. The zero-order valence-electron chi connectivity index (χ0n) is 8.67. The quantitative estimate of drug-likeness (QED) is 0.330. The molecule has 1 rings (SSSR count). The third-order valence-electron chi connectivity index (χ3n) is 1.48. The molecule has 0 radical (unpaired) electrons. The molecule has 1 unspecified atom stereocenters. The van der Waals surface area contributed by atoms with Crippen molar-refractivity contribution in [3.8, 4) is 0 Å². The van der Waals surface area contributed by atoms with Crippen molar-refractivity contribution in [2.24, 2.45) is 0 Å². The summed E-state index contributed by atoms with van der Waals surface area (Å²) in [5.41, 5.74) is 0. The largest absolute Gasteiger partial charge is 2.00 e. The van der Waals surface area contributed by atoms with Gasteiger partial charge in [-0.1, -0.05) is 0 Å². The number of carbonyl (C=O) groups excluding carboxylic acids is 1. The average Bonchev–Trinajstić information content (AvgIpc) is 2.32. The van der Waals surface area contributed by atoms with Crippen molar-refractivity contribution in [1.29, 1.82) is 0 Å². The molecular formula is C6H10CaO6. The van der Waals surface area contributed by atoms with Crippen LogP contribution in [0.3, 0.4) is 0 Å². The fourth-order valence-electron chi connectivity index (χ4n) is 0.823. The fraction of sp³-hybridized carbons (Fsp3) is 0.500. The molecule has 7 heteroatoms. The van der Waals surface area contributed by atoms with Gasteiger partial charge in [0.2, 0.25) is 5.76 Å². The van der Waals surface area contributed by atoms with Gasteiger partial charge in [-0.3, -0.25) is 0 Å². The molecule has 13 heavy (non-hydrogen) atoms. The van der Waals surface area contributed by atoms with Gasteiger partial charge >= 0.3 is 43.7 Å². The molecule has 6 nitrogen and oxygen atoms in total. The Morgan fingerprint density at radius 1 is 1.54 bits per heavy atom. The zero-order chi connectivity index (χ0) is 9.30. The van der Waals surface area contributed by atoms with E-state index >= 15 is 0 Å². The van der Waals surface area contributed by atoms with Gasteiger partial charge in [-0.2, -0.15) is 0 Å². The van der Waals surface area contributed by atoms with Gasteiger partial charge < -0.3 is 28.0 Å². The molecule has 1 aliphatic heterocycles. The molecule has 1 heterocycles. The second-order valence-corrected chi connectivity index (χ2v) is 2.31. The van der Waals surface area contributed by atoms with Gasteiger partial charge in [0.25, 0.3) is 0 Å². The monoisotopic (exact) mass is 218 g/mol. The summed E-state index contributed by atoms with van der Waals surface area (Å²) in [5, 5.41) is 35.0. The third-order valence-corrected chi connectivity index (χ3v) is 1.48. The molecule has 0 spiro atoms. The van der Waals surface area contributed by atoms with Gasteiger partial charge in [0.15, 0.2) is 11.9 Å². The number of esters is 1. The molecule has 0 aromatic heterocycles. The van der Waals surface area contributed by atoms with E-state index in [0.717, 1.165) is 0 Å². The van der Waals surface area contributed by atoms with Crippen LogP contribution in [0.1, 0.15) is 2.85 Å². The van der Waals surface area contributed by atoms with Crippen LogP contribution in [0.25, 0.3) is 0 Å². The maximum atomic E-state index is 10.5. The van der Waals surface area contributed by atoms with E-state index < -0.39 is 36.3 Å². The van der Waals surface area contributed by atoms with Crippen molar-refractivity contribution in [2.75, 3.05) is 6.61 Å². The third kappa shape index (κ3) is 2.47. The summed E-state index contributed by atoms with van der Waals surface area (Å²) in [5.74, 6) is -2.78. The fourth-order valence-corrected chi connectivity index (χ4v) is 0.823. The van der Waals surface area contributed by atoms with E-state index in [0.29, 0.717) is 0 Å².